The molecule has 2 aromatic rings. The Hall–Kier alpha value is -1.35. The number of nitrogens with two attached hydrogens (primary N) is 1. The van der Waals surface area contributed by atoms with E-state index in [1.807, 2.05) is 12.1 Å². The highest BCUT2D eigenvalue weighted by Gasteiger charge is 2.08. The van der Waals surface area contributed by atoms with Crippen LogP contribution in [0.5, 0.6) is 0 Å². The van der Waals surface area contributed by atoms with Gasteiger partial charge in [-0.2, -0.15) is 0 Å². The van der Waals surface area contributed by atoms with E-state index in [0.29, 0.717) is 6.54 Å². The SMILES string of the molecule is CCCc1nc2cccc(CCCN)c2o1. The van der Waals surface area contributed by atoms with Gasteiger partial charge in [-0.1, -0.05) is 19.1 Å². The van der Waals surface area contributed by atoms with Gasteiger partial charge in [0.1, 0.15) is 5.52 Å². The van der Waals surface area contributed by atoms with Gasteiger partial charge in [0.25, 0.3) is 0 Å². The van der Waals surface area contributed by atoms with Crippen LogP contribution < -0.4 is 5.73 Å². The van der Waals surface area contributed by atoms with Gasteiger partial charge < -0.3 is 10.2 Å². The first-order valence-electron chi connectivity index (χ1n) is 5.92. The number of para-hydroxylation sites is 1. The lowest BCUT2D eigenvalue weighted by Crippen LogP contribution is -2.00. The molecular weight excluding hydrogens is 200 g/mol. The predicted molar refractivity (Wildman–Crippen MR) is 65.4 cm³/mol. The number of nitrogens with zero attached hydrogens (tertiary/aromatic N) is 1. The summed E-state index contributed by atoms with van der Waals surface area (Å²) in [6.45, 7) is 2.84. The van der Waals surface area contributed by atoms with Gasteiger partial charge in [0.05, 0.1) is 0 Å². The summed E-state index contributed by atoms with van der Waals surface area (Å²) in [4.78, 5) is 4.47. The van der Waals surface area contributed by atoms with Gasteiger partial charge in [-0.15, -0.1) is 0 Å². The molecule has 0 unspecified atom stereocenters. The Balaban J connectivity index is 2.34. The van der Waals surface area contributed by atoms with Crippen LogP contribution in [0.15, 0.2) is 22.6 Å². The summed E-state index contributed by atoms with van der Waals surface area (Å²) in [5.41, 5.74) is 8.66. The third kappa shape index (κ3) is 2.25. The Morgan fingerprint density at radius 2 is 2.19 bits per heavy atom. The molecular formula is C13H18N2O. The maximum Gasteiger partial charge on any atom is 0.195 e. The molecule has 16 heavy (non-hydrogen) atoms. The van der Waals surface area contributed by atoms with E-state index in [1.165, 1.54) is 5.56 Å². The highest BCUT2D eigenvalue weighted by atomic mass is 16.3. The van der Waals surface area contributed by atoms with E-state index in [0.717, 1.165) is 42.7 Å². The lowest BCUT2D eigenvalue weighted by Gasteiger charge is -1.99. The van der Waals surface area contributed by atoms with Crippen molar-refractivity contribution in [1.82, 2.24) is 4.98 Å². The Kier molecular flexibility index (Phi) is 3.57. The van der Waals surface area contributed by atoms with Crippen molar-refractivity contribution < 1.29 is 4.42 Å². The fourth-order valence-corrected chi connectivity index (χ4v) is 1.86. The second-order valence-corrected chi connectivity index (χ2v) is 4.02. The van der Waals surface area contributed by atoms with Gasteiger partial charge in [-0.3, -0.25) is 0 Å². The number of aromatic nitrogens is 1. The molecule has 2 rings (SSSR count). The molecule has 3 heteroatoms. The summed E-state index contributed by atoms with van der Waals surface area (Å²) < 4.78 is 5.78. The van der Waals surface area contributed by atoms with E-state index in [-0.39, 0.29) is 0 Å². The molecule has 0 radical (unpaired) electrons. The van der Waals surface area contributed by atoms with Crippen LogP contribution in [0.1, 0.15) is 31.2 Å². The minimum atomic E-state index is 0.715. The van der Waals surface area contributed by atoms with Gasteiger partial charge in [-0.25, -0.2) is 4.98 Å². The van der Waals surface area contributed by atoms with Crippen LogP contribution in [0.3, 0.4) is 0 Å². The van der Waals surface area contributed by atoms with Crippen LogP contribution in [0, 0.1) is 0 Å². The number of hydrogen-bond acceptors (Lipinski definition) is 3. The van der Waals surface area contributed by atoms with E-state index in [1.54, 1.807) is 0 Å². The van der Waals surface area contributed by atoms with Crippen LogP contribution in [0.4, 0.5) is 0 Å². The summed E-state index contributed by atoms with van der Waals surface area (Å²) in [6.07, 6.45) is 3.92. The monoisotopic (exact) mass is 218 g/mol. The van der Waals surface area contributed by atoms with E-state index < -0.39 is 0 Å². The zero-order chi connectivity index (χ0) is 11.4. The largest absolute Gasteiger partial charge is 0.440 e. The molecule has 0 saturated heterocycles. The fourth-order valence-electron chi connectivity index (χ4n) is 1.86. The molecule has 0 saturated carbocycles. The third-order valence-electron chi connectivity index (χ3n) is 2.65. The summed E-state index contributed by atoms with van der Waals surface area (Å²) >= 11 is 0. The molecule has 1 aromatic heterocycles. The van der Waals surface area contributed by atoms with Crippen molar-refractivity contribution in [3.63, 3.8) is 0 Å². The maximum atomic E-state index is 5.78. The number of fused-ring (bicyclic) bond motifs is 1. The van der Waals surface area contributed by atoms with Crippen LogP contribution in [0.2, 0.25) is 0 Å². The molecule has 86 valence electrons. The van der Waals surface area contributed by atoms with Crippen molar-refractivity contribution >= 4 is 11.1 Å². The quantitative estimate of drug-likeness (QED) is 0.839. The Bertz CT molecular complexity index is 462. The topological polar surface area (TPSA) is 52.0 Å². The first kappa shape index (κ1) is 11.1. The lowest BCUT2D eigenvalue weighted by atomic mass is 10.1. The first-order valence-corrected chi connectivity index (χ1v) is 5.92. The summed E-state index contributed by atoms with van der Waals surface area (Å²) in [7, 11) is 0. The Labute approximate surface area is 95.7 Å². The Morgan fingerprint density at radius 1 is 1.31 bits per heavy atom. The number of aryl methyl sites for hydroxylation is 2. The average molecular weight is 218 g/mol. The van der Waals surface area contributed by atoms with Crippen molar-refractivity contribution in [3.05, 3.63) is 29.7 Å². The molecule has 0 aliphatic carbocycles. The summed E-state index contributed by atoms with van der Waals surface area (Å²) in [5, 5.41) is 0. The molecule has 0 bridgehead atoms. The highest BCUT2D eigenvalue weighted by molar-refractivity contribution is 5.76. The van der Waals surface area contributed by atoms with E-state index in [9.17, 15) is 0 Å². The van der Waals surface area contributed by atoms with E-state index in [4.69, 9.17) is 10.2 Å². The fraction of sp³-hybridized carbons (Fsp3) is 0.462. The number of benzene rings is 1. The second-order valence-electron chi connectivity index (χ2n) is 4.02. The molecule has 1 heterocycles. The zero-order valence-electron chi connectivity index (χ0n) is 9.70. The predicted octanol–water partition coefficient (Wildman–Crippen LogP) is 2.67. The van der Waals surface area contributed by atoms with Gasteiger partial charge in [0.15, 0.2) is 11.5 Å². The molecule has 0 fully saturated rings. The van der Waals surface area contributed by atoms with Crippen molar-refractivity contribution in [3.8, 4) is 0 Å². The van der Waals surface area contributed by atoms with Crippen LogP contribution in [0.25, 0.3) is 11.1 Å². The van der Waals surface area contributed by atoms with Crippen LogP contribution in [-0.4, -0.2) is 11.5 Å². The molecule has 0 aliphatic heterocycles. The minimum absolute atomic E-state index is 0.715. The molecule has 0 aliphatic rings. The summed E-state index contributed by atoms with van der Waals surface area (Å²) in [5.74, 6) is 0.845. The molecule has 2 N–H and O–H groups in total. The molecule has 0 amide bonds. The molecule has 0 atom stereocenters. The average Bonchev–Trinajstić information content (AvgIpc) is 2.69. The molecule has 0 spiro atoms. The molecule has 1 aromatic carbocycles. The van der Waals surface area contributed by atoms with Crippen LogP contribution >= 0.6 is 0 Å². The van der Waals surface area contributed by atoms with Gasteiger partial charge >= 0.3 is 0 Å². The van der Waals surface area contributed by atoms with Crippen molar-refractivity contribution in [1.29, 1.82) is 0 Å². The van der Waals surface area contributed by atoms with E-state index in [2.05, 4.69) is 18.0 Å². The number of hydrogen-bond donors (Lipinski definition) is 1. The first-order chi connectivity index (χ1) is 7.85. The van der Waals surface area contributed by atoms with Gasteiger partial charge in [0.2, 0.25) is 0 Å². The van der Waals surface area contributed by atoms with Crippen molar-refractivity contribution in [2.45, 2.75) is 32.6 Å². The lowest BCUT2D eigenvalue weighted by molar-refractivity contribution is 0.522. The highest BCUT2D eigenvalue weighted by Crippen LogP contribution is 2.21. The van der Waals surface area contributed by atoms with Gasteiger partial charge in [0, 0.05) is 6.42 Å². The Morgan fingerprint density at radius 3 is 2.94 bits per heavy atom. The standard InChI is InChI=1S/C13H18N2O/c1-2-5-12-15-11-8-3-6-10(7-4-9-14)13(11)16-12/h3,6,8H,2,4-5,7,9,14H2,1H3. The number of oxazole rings is 1. The minimum Gasteiger partial charge on any atom is -0.440 e. The molecule has 3 nitrogen and oxygen atoms in total. The van der Waals surface area contributed by atoms with E-state index >= 15 is 0 Å². The third-order valence-corrected chi connectivity index (χ3v) is 2.65. The maximum absolute atomic E-state index is 5.78. The van der Waals surface area contributed by atoms with Gasteiger partial charge in [-0.05, 0) is 37.4 Å². The normalized spacial score (nSPS) is 11.1. The summed E-state index contributed by atoms with van der Waals surface area (Å²) in [6, 6.07) is 6.13. The smallest absolute Gasteiger partial charge is 0.195 e. The zero-order valence-corrected chi connectivity index (χ0v) is 9.70. The second kappa shape index (κ2) is 5.12. The number of rotatable bonds is 5. The van der Waals surface area contributed by atoms with Crippen LogP contribution in [-0.2, 0) is 12.8 Å². The van der Waals surface area contributed by atoms with Crippen molar-refractivity contribution in [2.75, 3.05) is 6.54 Å². The van der Waals surface area contributed by atoms with Crippen molar-refractivity contribution in [2.24, 2.45) is 5.73 Å².